The number of ether oxygens (including phenoxy) is 3. The SMILES string of the molecule is CCOc1ccc(C(=O)NCCc2ccc(OC)c(OC)c2)cc1S(=O)(=O)N1CCCC1. The lowest BCUT2D eigenvalue weighted by atomic mass is 10.1. The maximum absolute atomic E-state index is 13.1. The van der Waals surface area contributed by atoms with Crippen molar-refractivity contribution in [2.75, 3.05) is 40.5 Å². The van der Waals surface area contributed by atoms with Crippen molar-refractivity contribution < 1.29 is 27.4 Å². The molecule has 1 heterocycles. The Morgan fingerprint density at radius 2 is 1.69 bits per heavy atom. The van der Waals surface area contributed by atoms with Crippen LogP contribution in [0.5, 0.6) is 17.2 Å². The average molecular weight is 463 g/mol. The molecule has 9 heteroatoms. The predicted molar refractivity (Wildman–Crippen MR) is 121 cm³/mol. The number of hydrogen-bond donors (Lipinski definition) is 1. The third kappa shape index (κ3) is 5.34. The third-order valence-electron chi connectivity index (χ3n) is 5.34. The van der Waals surface area contributed by atoms with Gasteiger partial charge in [-0.25, -0.2) is 8.42 Å². The largest absolute Gasteiger partial charge is 0.493 e. The molecule has 0 radical (unpaired) electrons. The zero-order valence-electron chi connectivity index (χ0n) is 18.7. The Balaban J connectivity index is 1.72. The Kier molecular flexibility index (Phi) is 7.98. The van der Waals surface area contributed by atoms with Gasteiger partial charge in [0.2, 0.25) is 10.0 Å². The highest BCUT2D eigenvalue weighted by molar-refractivity contribution is 7.89. The molecular formula is C23H30N2O6S. The molecule has 1 aliphatic heterocycles. The van der Waals surface area contributed by atoms with E-state index in [1.165, 1.54) is 10.4 Å². The number of carbonyl (C=O) groups excluding carboxylic acids is 1. The van der Waals surface area contributed by atoms with Crippen molar-refractivity contribution in [1.82, 2.24) is 9.62 Å². The van der Waals surface area contributed by atoms with Gasteiger partial charge in [-0.05, 0) is 62.1 Å². The molecular weight excluding hydrogens is 432 g/mol. The molecule has 0 bridgehead atoms. The van der Waals surface area contributed by atoms with Gasteiger partial charge in [-0.2, -0.15) is 4.31 Å². The van der Waals surface area contributed by atoms with Crippen LogP contribution in [0.1, 0.15) is 35.7 Å². The zero-order chi connectivity index (χ0) is 23.1. The molecule has 0 spiro atoms. The summed E-state index contributed by atoms with van der Waals surface area (Å²) in [5.74, 6) is 1.19. The minimum Gasteiger partial charge on any atom is -0.493 e. The fraction of sp³-hybridized carbons (Fsp3) is 0.435. The molecule has 0 saturated carbocycles. The van der Waals surface area contributed by atoms with Gasteiger partial charge in [-0.15, -0.1) is 0 Å². The normalized spacial score (nSPS) is 14.2. The summed E-state index contributed by atoms with van der Waals surface area (Å²) in [6.07, 6.45) is 2.25. The summed E-state index contributed by atoms with van der Waals surface area (Å²) in [5, 5.41) is 2.85. The lowest BCUT2D eigenvalue weighted by molar-refractivity contribution is 0.0954. The molecule has 1 fully saturated rings. The van der Waals surface area contributed by atoms with Crippen LogP contribution >= 0.6 is 0 Å². The van der Waals surface area contributed by atoms with Gasteiger partial charge in [0.05, 0.1) is 20.8 Å². The molecule has 1 N–H and O–H groups in total. The number of amides is 1. The fourth-order valence-electron chi connectivity index (χ4n) is 3.65. The van der Waals surface area contributed by atoms with E-state index in [4.69, 9.17) is 14.2 Å². The number of methoxy groups -OCH3 is 2. The van der Waals surface area contributed by atoms with E-state index in [1.807, 2.05) is 18.2 Å². The van der Waals surface area contributed by atoms with Gasteiger partial charge in [0.1, 0.15) is 10.6 Å². The first-order valence-corrected chi connectivity index (χ1v) is 12.1. The number of nitrogens with zero attached hydrogens (tertiary/aromatic N) is 1. The summed E-state index contributed by atoms with van der Waals surface area (Å²) in [5.41, 5.74) is 1.26. The molecule has 1 amide bonds. The predicted octanol–water partition coefficient (Wildman–Crippen LogP) is 2.86. The lowest BCUT2D eigenvalue weighted by Gasteiger charge is -2.19. The first-order chi connectivity index (χ1) is 15.4. The zero-order valence-corrected chi connectivity index (χ0v) is 19.5. The summed E-state index contributed by atoms with van der Waals surface area (Å²) in [4.78, 5) is 12.8. The third-order valence-corrected chi connectivity index (χ3v) is 7.26. The fourth-order valence-corrected chi connectivity index (χ4v) is 5.33. The van der Waals surface area contributed by atoms with Crippen molar-refractivity contribution in [3.63, 3.8) is 0 Å². The Morgan fingerprint density at radius 3 is 2.34 bits per heavy atom. The monoisotopic (exact) mass is 462 g/mol. The molecule has 2 aromatic rings. The Labute approximate surface area is 189 Å². The van der Waals surface area contributed by atoms with Crippen LogP contribution in [0.2, 0.25) is 0 Å². The second kappa shape index (κ2) is 10.7. The van der Waals surface area contributed by atoms with E-state index in [1.54, 1.807) is 33.3 Å². The molecule has 0 aromatic heterocycles. The number of benzene rings is 2. The van der Waals surface area contributed by atoms with E-state index in [2.05, 4.69) is 5.32 Å². The van der Waals surface area contributed by atoms with Crippen LogP contribution in [0.15, 0.2) is 41.3 Å². The molecule has 0 unspecified atom stereocenters. The van der Waals surface area contributed by atoms with Gasteiger partial charge in [0, 0.05) is 25.2 Å². The van der Waals surface area contributed by atoms with E-state index < -0.39 is 10.0 Å². The average Bonchev–Trinajstić information content (AvgIpc) is 3.35. The van der Waals surface area contributed by atoms with E-state index >= 15 is 0 Å². The van der Waals surface area contributed by atoms with Crippen molar-refractivity contribution in [2.45, 2.75) is 31.1 Å². The maximum Gasteiger partial charge on any atom is 0.251 e. The van der Waals surface area contributed by atoms with Gasteiger partial charge < -0.3 is 19.5 Å². The first-order valence-electron chi connectivity index (χ1n) is 10.7. The molecule has 3 rings (SSSR count). The Bertz CT molecular complexity index is 1050. The summed E-state index contributed by atoms with van der Waals surface area (Å²) < 4.78 is 43.7. The molecule has 8 nitrogen and oxygen atoms in total. The van der Waals surface area contributed by atoms with Gasteiger partial charge in [0.25, 0.3) is 5.91 Å². The molecule has 0 aliphatic carbocycles. The van der Waals surface area contributed by atoms with Crippen molar-refractivity contribution in [1.29, 1.82) is 0 Å². The number of rotatable bonds is 10. The smallest absolute Gasteiger partial charge is 0.251 e. The van der Waals surface area contributed by atoms with E-state index in [0.717, 1.165) is 18.4 Å². The van der Waals surface area contributed by atoms with Crippen LogP contribution in [-0.2, 0) is 16.4 Å². The summed E-state index contributed by atoms with van der Waals surface area (Å²) >= 11 is 0. The van der Waals surface area contributed by atoms with Gasteiger partial charge in [0.15, 0.2) is 11.5 Å². The highest BCUT2D eigenvalue weighted by Crippen LogP contribution is 2.30. The summed E-state index contributed by atoms with van der Waals surface area (Å²) in [6.45, 7) is 3.47. The number of hydrogen-bond acceptors (Lipinski definition) is 6. The van der Waals surface area contributed by atoms with Crippen molar-refractivity contribution in [2.24, 2.45) is 0 Å². The van der Waals surface area contributed by atoms with E-state index in [-0.39, 0.29) is 22.1 Å². The van der Waals surface area contributed by atoms with Crippen LogP contribution in [0, 0.1) is 0 Å². The highest BCUT2D eigenvalue weighted by atomic mass is 32.2. The Morgan fingerprint density at radius 1 is 1.00 bits per heavy atom. The number of sulfonamides is 1. The van der Waals surface area contributed by atoms with Crippen LogP contribution in [-0.4, -0.2) is 59.1 Å². The number of nitrogens with one attached hydrogen (secondary N) is 1. The second-order valence-corrected chi connectivity index (χ2v) is 9.31. The molecule has 174 valence electrons. The van der Waals surface area contributed by atoms with Crippen LogP contribution in [0.3, 0.4) is 0 Å². The molecule has 1 saturated heterocycles. The number of carbonyl (C=O) groups is 1. The topological polar surface area (TPSA) is 94.2 Å². The molecule has 32 heavy (non-hydrogen) atoms. The van der Waals surface area contributed by atoms with E-state index in [0.29, 0.717) is 44.2 Å². The summed E-state index contributed by atoms with van der Waals surface area (Å²) in [6, 6.07) is 10.1. The van der Waals surface area contributed by atoms with Crippen LogP contribution in [0.25, 0.3) is 0 Å². The Hall–Kier alpha value is -2.78. The van der Waals surface area contributed by atoms with Gasteiger partial charge in [-0.3, -0.25) is 4.79 Å². The lowest BCUT2D eigenvalue weighted by Crippen LogP contribution is -2.29. The van der Waals surface area contributed by atoms with Crippen molar-refractivity contribution in [3.05, 3.63) is 47.5 Å². The first kappa shape index (κ1) is 23.9. The van der Waals surface area contributed by atoms with Crippen molar-refractivity contribution >= 4 is 15.9 Å². The molecule has 0 atom stereocenters. The molecule has 1 aliphatic rings. The minimum absolute atomic E-state index is 0.0359. The van der Waals surface area contributed by atoms with E-state index in [9.17, 15) is 13.2 Å². The van der Waals surface area contributed by atoms with Crippen LogP contribution in [0.4, 0.5) is 0 Å². The minimum atomic E-state index is -3.72. The summed E-state index contributed by atoms with van der Waals surface area (Å²) in [7, 11) is -0.574. The second-order valence-electron chi connectivity index (χ2n) is 7.40. The van der Waals surface area contributed by atoms with Gasteiger partial charge in [-0.1, -0.05) is 6.07 Å². The maximum atomic E-state index is 13.1. The molecule has 2 aromatic carbocycles. The quantitative estimate of drug-likeness (QED) is 0.584. The standard InChI is InChI=1S/C23H30N2O6S/c1-4-31-20-10-8-18(16-22(20)32(27,28)25-13-5-6-14-25)23(26)24-12-11-17-7-9-19(29-2)21(15-17)30-3/h7-10,15-16H,4-6,11-14H2,1-3H3,(H,24,26). The van der Waals surface area contributed by atoms with Gasteiger partial charge >= 0.3 is 0 Å². The highest BCUT2D eigenvalue weighted by Gasteiger charge is 2.30. The van der Waals surface area contributed by atoms with Crippen LogP contribution < -0.4 is 19.5 Å². The van der Waals surface area contributed by atoms with Crippen molar-refractivity contribution in [3.8, 4) is 17.2 Å².